The molecule has 20 heavy (non-hydrogen) atoms. The van der Waals surface area contributed by atoms with E-state index in [0.29, 0.717) is 16.7 Å². The molecule has 0 saturated heterocycles. The summed E-state index contributed by atoms with van der Waals surface area (Å²) in [5, 5.41) is 18.3. The largest absolute Gasteiger partial charge is 0.478 e. The molecule has 0 radical (unpaired) electrons. The zero-order valence-corrected chi connectivity index (χ0v) is 11.2. The summed E-state index contributed by atoms with van der Waals surface area (Å²) in [5.74, 6) is -1.98. The van der Waals surface area contributed by atoms with E-state index < -0.39 is 11.9 Å². The summed E-state index contributed by atoms with van der Waals surface area (Å²) >= 11 is 0. The summed E-state index contributed by atoms with van der Waals surface area (Å²) in [5.41, 5.74) is 3.21. The van der Waals surface area contributed by atoms with E-state index in [1.54, 1.807) is 38.1 Å². The lowest BCUT2D eigenvalue weighted by atomic mass is 9.92. The van der Waals surface area contributed by atoms with Crippen molar-refractivity contribution >= 4 is 11.9 Å². The molecule has 2 aromatic rings. The van der Waals surface area contributed by atoms with Crippen molar-refractivity contribution in [3.8, 4) is 11.1 Å². The first-order valence-electron chi connectivity index (χ1n) is 6.09. The van der Waals surface area contributed by atoms with Gasteiger partial charge in [-0.25, -0.2) is 9.59 Å². The Morgan fingerprint density at radius 2 is 1.65 bits per heavy atom. The number of carboxylic acid groups (broad SMARTS) is 2. The topological polar surface area (TPSA) is 74.6 Å². The molecule has 0 unspecified atom stereocenters. The minimum atomic E-state index is -1.00. The van der Waals surface area contributed by atoms with E-state index in [2.05, 4.69) is 0 Å². The molecule has 4 heteroatoms. The van der Waals surface area contributed by atoms with Crippen molar-refractivity contribution in [1.82, 2.24) is 0 Å². The molecule has 0 aliphatic carbocycles. The highest BCUT2D eigenvalue weighted by molar-refractivity contribution is 5.94. The Hall–Kier alpha value is -2.62. The van der Waals surface area contributed by atoms with Crippen LogP contribution in [0.15, 0.2) is 36.4 Å². The van der Waals surface area contributed by atoms with Gasteiger partial charge in [-0.15, -0.1) is 0 Å². The monoisotopic (exact) mass is 270 g/mol. The lowest BCUT2D eigenvalue weighted by Gasteiger charge is -2.12. The van der Waals surface area contributed by atoms with Gasteiger partial charge in [0.2, 0.25) is 0 Å². The maximum atomic E-state index is 11.3. The molecule has 0 aliphatic heterocycles. The lowest BCUT2D eigenvalue weighted by Crippen LogP contribution is -2.04. The number of carboxylic acids is 2. The third-order valence-corrected chi connectivity index (χ3v) is 3.31. The van der Waals surface area contributed by atoms with Crippen LogP contribution < -0.4 is 0 Å². The second-order valence-corrected chi connectivity index (χ2v) is 4.62. The third kappa shape index (κ3) is 2.40. The maximum absolute atomic E-state index is 11.3. The van der Waals surface area contributed by atoms with Gasteiger partial charge < -0.3 is 10.2 Å². The van der Waals surface area contributed by atoms with Crippen LogP contribution in [0.25, 0.3) is 11.1 Å². The van der Waals surface area contributed by atoms with Gasteiger partial charge in [-0.2, -0.15) is 0 Å². The Kier molecular flexibility index (Phi) is 3.57. The summed E-state index contributed by atoms with van der Waals surface area (Å²) in [6.45, 7) is 3.48. The summed E-state index contributed by atoms with van der Waals surface area (Å²) in [6.07, 6.45) is 0. The van der Waals surface area contributed by atoms with Crippen molar-refractivity contribution in [3.05, 3.63) is 58.7 Å². The van der Waals surface area contributed by atoms with Crippen molar-refractivity contribution < 1.29 is 19.8 Å². The van der Waals surface area contributed by atoms with E-state index in [4.69, 9.17) is 5.11 Å². The number of aromatic carboxylic acids is 2. The highest BCUT2D eigenvalue weighted by atomic mass is 16.4. The normalized spacial score (nSPS) is 10.3. The van der Waals surface area contributed by atoms with Crippen molar-refractivity contribution in [2.45, 2.75) is 13.8 Å². The average molecular weight is 270 g/mol. The number of benzene rings is 2. The highest BCUT2D eigenvalue weighted by Crippen LogP contribution is 2.28. The van der Waals surface area contributed by atoms with Crippen molar-refractivity contribution in [2.24, 2.45) is 0 Å². The smallest absolute Gasteiger partial charge is 0.336 e. The zero-order valence-electron chi connectivity index (χ0n) is 11.2. The van der Waals surface area contributed by atoms with Crippen LogP contribution in [-0.4, -0.2) is 22.2 Å². The Morgan fingerprint density at radius 3 is 2.25 bits per heavy atom. The van der Waals surface area contributed by atoms with Gasteiger partial charge in [-0.05, 0) is 48.2 Å². The molecule has 2 rings (SSSR count). The Bertz CT molecular complexity index is 702. The number of aryl methyl sites for hydroxylation is 1. The van der Waals surface area contributed by atoms with Crippen LogP contribution in [0.3, 0.4) is 0 Å². The van der Waals surface area contributed by atoms with Gasteiger partial charge in [0.1, 0.15) is 0 Å². The average Bonchev–Trinajstić information content (AvgIpc) is 2.38. The molecule has 0 bridgehead atoms. The predicted octanol–water partition coefficient (Wildman–Crippen LogP) is 3.37. The van der Waals surface area contributed by atoms with Gasteiger partial charge in [-0.3, -0.25) is 0 Å². The summed E-state index contributed by atoms with van der Waals surface area (Å²) in [7, 11) is 0. The standard InChI is InChI=1S/C16H14O4/c1-9-6-7-13(10(2)14(9)16(19)20)11-4-3-5-12(8-11)15(17)18/h3-8H,1-2H3,(H,17,18)(H,19,20). The van der Waals surface area contributed by atoms with Gasteiger partial charge in [0.05, 0.1) is 11.1 Å². The Morgan fingerprint density at radius 1 is 0.950 bits per heavy atom. The molecule has 0 spiro atoms. The Balaban J connectivity index is 2.65. The van der Waals surface area contributed by atoms with E-state index in [1.807, 2.05) is 6.07 Å². The van der Waals surface area contributed by atoms with Gasteiger partial charge in [0, 0.05) is 0 Å². The molecular formula is C16H14O4. The first-order chi connectivity index (χ1) is 9.41. The first kappa shape index (κ1) is 13.8. The fourth-order valence-corrected chi connectivity index (χ4v) is 2.31. The number of carbonyl (C=O) groups is 2. The molecular weight excluding hydrogens is 256 g/mol. The number of hydrogen-bond donors (Lipinski definition) is 2. The van der Waals surface area contributed by atoms with Crippen LogP contribution >= 0.6 is 0 Å². The molecule has 0 heterocycles. The molecule has 0 atom stereocenters. The summed E-state index contributed by atoms with van der Waals surface area (Å²) in [6, 6.07) is 10.0. The van der Waals surface area contributed by atoms with Crippen LogP contribution in [0.5, 0.6) is 0 Å². The molecule has 0 aromatic heterocycles. The fraction of sp³-hybridized carbons (Fsp3) is 0.125. The molecule has 2 aromatic carbocycles. The quantitative estimate of drug-likeness (QED) is 0.896. The minimum absolute atomic E-state index is 0.180. The van der Waals surface area contributed by atoms with Crippen LogP contribution in [0.4, 0.5) is 0 Å². The van der Waals surface area contributed by atoms with E-state index >= 15 is 0 Å². The zero-order chi connectivity index (χ0) is 14.9. The molecule has 4 nitrogen and oxygen atoms in total. The van der Waals surface area contributed by atoms with E-state index in [1.165, 1.54) is 6.07 Å². The van der Waals surface area contributed by atoms with Crippen LogP contribution in [-0.2, 0) is 0 Å². The molecule has 0 aliphatic rings. The fourth-order valence-electron chi connectivity index (χ4n) is 2.31. The van der Waals surface area contributed by atoms with Gasteiger partial charge in [0.15, 0.2) is 0 Å². The molecule has 0 fully saturated rings. The van der Waals surface area contributed by atoms with Crippen molar-refractivity contribution in [1.29, 1.82) is 0 Å². The second-order valence-electron chi connectivity index (χ2n) is 4.62. The van der Waals surface area contributed by atoms with Crippen LogP contribution in [0, 0.1) is 13.8 Å². The van der Waals surface area contributed by atoms with Crippen LogP contribution in [0.2, 0.25) is 0 Å². The van der Waals surface area contributed by atoms with Crippen molar-refractivity contribution in [2.75, 3.05) is 0 Å². The predicted molar refractivity (Wildman–Crippen MR) is 75.3 cm³/mol. The number of rotatable bonds is 3. The van der Waals surface area contributed by atoms with Gasteiger partial charge in [-0.1, -0.05) is 24.3 Å². The molecule has 102 valence electrons. The SMILES string of the molecule is Cc1ccc(-c2cccc(C(=O)O)c2)c(C)c1C(=O)O. The number of hydrogen-bond acceptors (Lipinski definition) is 2. The lowest BCUT2D eigenvalue weighted by molar-refractivity contribution is 0.0685. The second kappa shape index (κ2) is 5.17. The molecule has 0 amide bonds. The summed E-state index contributed by atoms with van der Waals surface area (Å²) in [4.78, 5) is 22.3. The molecule has 0 saturated carbocycles. The minimum Gasteiger partial charge on any atom is -0.478 e. The molecule has 2 N–H and O–H groups in total. The first-order valence-corrected chi connectivity index (χ1v) is 6.09. The maximum Gasteiger partial charge on any atom is 0.336 e. The van der Waals surface area contributed by atoms with Crippen molar-refractivity contribution in [3.63, 3.8) is 0 Å². The van der Waals surface area contributed by atoms with Gasteiger partial charge in [0.25, 0.3) is 0 Å². The third-order valence-electron chi connectivity index (χ3n) is 3.31. The summed E-state index contributed by atoms with van der Waals surface area (Å²) < 4.78 is 0. The van der Waals surface area contributed by atoms with Crippen LogP contribution in [0.1, 0.15) is 31.8 Å². The highest BCUT2D eigenvalue weighted by Gasteiger charge is 2.15. The van der Waals surface area contributed by atoms with E-state index in [9.17, 15) is 14.7 Å². The van der Waals surface area contributed by atoms with E-state index in [0.717, 1.165) is 5.56 Å². The Labute approximate surface area is 116 Å². The van der Waals surface area contributed by atoms with E-state index in [-0.39, 0.29) is 11.1 Å². The van der Waals surface area contributed by atoms with Gasteiger partial charge >= 0.3 is 11.9 Å².